The van der Waals surface area contributed by atoms with Crippen LogP contribution in [0.25, 0.3) is 0 Å². The van der Waals surface area contributed by atoms with Gasteiger partial charge in [-0.15, -0.1) is 0 Å². The predicted molar refractivity (Wildman–Crippen MR) is 81.3 cm³/mol. The van der Waals surface area contributed by atoms with Crippen molar-refractivity contribution in [3.05, 3.63) is 23.3 Å². The highest BCUT2D eigenvalue weighted by Crippen LogP contribution is 2.31. The van der Waals surface area contributed by atoms with Crippen LogP contribution in [0.5, 0.6) is 5.75 Å². The van der Waals surface area contributed by atoms with Gasteiger partial charge >= 0.3 is 0 Å². The first-order chi connectivity index (χ1) is 9.90. The predicted octanol–water partition coefficient (Wildman–Crippen LogP) is 2.11. The second kappa shape index (κ2) is 6.34. The molecule has 2 rings (SSSR count). The van der Waals surface area contributed by atoms with Crippen LogP contribution in [0.15, 0.2) is 17.0 Å². The molecular formula is C15H23NO4S. The number of sulfonamides is 1. The molecule has 0 N–H and O–H groups in total. The molecular weight excluding hydrogens is 290 g/mol. The second-order valence-corrected chi connectivity index (χ2v) is 7.33. The van der Waals surface area contributed by atoms with Crippen LogP contribution in [-0.4, -0.2) is 46.1 Å². The van der Waals surface area contributed by atoms with Gasteiger partial charge in [0.25, 0.3) is 0 Å². The van der Waals surface area contributed by atoms with Crippen LogP contribution in [0.2, 0.25) is 0 Å². The molecule has 0 atom stereocenters. The summed E-state index contributed by atoms with van der Waals surface area (Å²) in [6.07, 6.45) is 1.60. The van der Waals surface area contributed by atoms with Gasteiger partial charge in [0.1, 0.15) is 10.6 Å². The van der Waals surface area contributed by atoms with Crippen molar-refractivity contribution in [2.45, 2.75) is 37.7 Å². The van der Waals surface area contributed by atoms with Crippen molar-refractivity contribution < 1.29 is 17.9 Å². The molecule has 0 amide bonds. The number of hydrogen-bond donors (Lipinski definition) is 0. The summed E-state index contributed by atoms with van der Waals surface area (Å²) >= 11 is 0. The molecule has 1 aromatic rings. The lowest BCUT2D eigenvalue weighted by atomic mass is 10.1. The van der Waals surface area contributed by atoms with Crippen LogP contribution in [0, 0.1) is 13.8 Å². The average molecular weight is 313 g/mol. The average Bonchev–Trinajstić information content (AvgIpc) is 2.49. The lowest BCUT2D eigenvalue weighted by Gasteiger charge is -2.30. The Balaban J connectivity index is 2.34. The summed E-state index contributed by atoms with van der Waals surface area (Å²) in [5, 5.41) is 0. The Morgan fingerprint density at radius 3 is 2.19 bits per heavy atom. The molecule has 5 nitrogen and oxygen atoms in total. The van der Waals surface area contributed by atoms with Gasteiger partial charge in [0, 0.05) is 20.2 Å². The number of methoxy groups -OCH3 is 2. The first kappa shape index (κ1) is 16.3. The van der Waals surface area contributed by atoms with Crippen molar-refractivity contribution in [2.24, 2.45) is 0 Å². The number of nitrogens with zero attached hydrogens (tertiary/aromatic N) is 1. The van der Waals surface area contributed by atoms with Crippen molar-refractivity contribution in [2.75, 3.05) is 27.3 Å². The maximum atomic E-state index is 12.8. The van der Waals surface area contributed by atoms with E-state index < -0.39 is 10.0 Å². The van der Waals surface area contributed by atoms with Crippen molar-refractivity contribution in [1.29, 1.82) is 0 Å². The van der Waals surface area contributed by atoms with Crippen molar-refractivity contribution in [1.82, 2.24) is 4.31 Å². The minimum atomic E-state index is -3.52. The van der Waals surface area contributed by atoms with Gasteiger partial charge in [0.05, 0.1) is 13.2 Å². The van der Waals surface area contributed by atoms with Crippen LogP contribution in [0.3, 0.4) is 0 Å². The summed E-state index contributed by atoms with van der Waals surface area (Å²) < 4.78 is 37.7. The van der Waals surface area contributed by atoms with E-state index in [0.717, 1.165) is 24.0 Å². The molecule has 1 aliphatic heterocycles. The summed E-state index contributed by atoms with van der Waals surface area (Å²) in [5.74, 6) is 0.409. The summed E-state index contributed by atoms with van der Waals surface area (Å²) in [6.45, 7) is 4.82. The number of ether oxygens (including phenoxy) is 2. The van der Waals surface area contributed by atoms with Gasteiger partial charge in [-0.3, -0.25) is 0 Å². The summed E-state index contributed by atoms with van der Waals surface area (Å²) in [6, 6.07) is 3.48. The van der Waals surface area contributed by atoms with Crippen LogP contribution in [0.1, 0.15) is 24.0 Å². The van der Waals surface area contributed by atoms with Crippen molar-refractivity contribution >= 4 is 10.0 Å². The zero-order chi connectivity index (χ0) is 15.6. The fraction of sp³-hybridized carbons (Fsp3) is 0.600. The van der Waals surface area contributed by atoms with E-state index in [2.05, 4.69) is 0 Å². The maximum absolute atomic E-state index is 12.8. The van der Waals surface area contributed by atoms with Gasteiger partial charge in [0.15, 0.2) is 0 Å². The number of rotatable bonds is 4. The summed E-state index contributed by atoms with van der Waals surface area (Å²) in [4.78, 5) is 0.254. The highest BCUT2D eigenvalue weighted by molar-refractivity contribution is 7.89. The molecule has 0 spiro atoms. The fourth-order valence-electron chi connectivity index (χ4n) is 2.57. The Hall–Kier alpha value is -1.11. The molecule has 1 heterocycles. The molecule has 1 aromatic carbocycles. The molecule has 1 saturated heterocycles. The summed E-state index contributed by atoms with van der Waals surface area (Å²) in [5.41, 5.74) is 1.96. The monoisotopic (exact) mass is 313 g/mol. The third kappa shape index (κ3) is 3.22. The van der Waals surface area contributed by atoms with E-state index >= 15 is 0 Å². The third-order valence-electron chi connectivity index (χ3n) is 4.13. The number of hydrogen-bond acceptors (Lipinski definition) is 4. The quantitative estimate of drug-likeness (QED) is 0.854. The van der Waals surface area contributed by atoms with Gasteiger partial charge in [0.2, 0.25) is 10.0 Å². The fourth-order valence-corrected chi connectivity index (χ4v) is 4.26. The van der Waals surface area contributed by atoms with E-state index in [1.807, 2.05) is 13.8 Å². The third-order valence-corrected chi connectivity index (χ3v) is 6.05. The largest absolute Gasteiger partial charge is 0.495 e. The zero-order valence-corrected chi connectivity index (χ0v) is 13.9. The minimum Gasteiger partial charge on any atom is -0.495 e. The molecule has 118 valence electrons. The van der Waals surface area contributed by atoms with Crippen LogP contribution in [0.4, 0.5) is 0 Å². The SMILES string of the molecule is COc1cc(C)c(C)cc1S(=O)(=O)N1CCC(OC)CC1. The lowest BCUT2D eigenvalue weighted by Crippen LogP contribution is -2.40. The van der Waals surface area contributed by atoms with E-state index in [9.17, 15) is 8.42 Å². The van der Waals surface area contributed by atoms with E-state index in [4.69, 9.17) is 9.47 Å². The van der Waals surface area contributed by atoms with Crippen LogP contribution < -0.4 is 4.74 Å². The van der Waals surface area contributed by atoms with E-state index in [1.54, 1.807) is 19.2 Å². The topological polar surface area (TPSA) is 55.8 Å². The Morgan fingerprint density at radius 1 is 1.10 bits per heavy atom. The normalized spacial score (nSPS) is 17.9. The number of benzene rings is 1. The Bertz CT molecular complexity index is 604. The first-order valence-electron chi connectivity index (χ1n) is 7.08. The van der Waals surface area contributed by atoms with Gasteiger partial charge in [-0.25, -0.2) is 8.42 Å². The molecule has 0 radical (unpaired) electrons. The highest BCUT2D eigenvalue weighted by Gasteiger charge is 2.31. The molecule has 0 aliphatic carbocycles. The number of piperidine rings is 1. The Kier molecular flexibility index (Phi) is 4.91. The van der Waals surface area contributed by atoms with Crippen molar-refractivity contribution in [3.63, 3.8) is 0 Å². The second-order valence-electron chi connectivity index (χ2n) is 5.43. The van der Waals surface area contributed by atoms with Gasteiger partial charge in [-0.1, -0.05) is 0 Å². The molecule has 6 heteroatoms. The molecule has 1 aliphatic rings. The van der Waals surface area contributed by atoms with Crippen LogP contribution in [-0.2, 0) is 14.8 Å². The molecule has 0 saturated carbocycles. The standard InChI is InChI=1S/C15H23NO4S/c1-11-9-14(20-4)15(10-12(11)2)21(17,18)16-7-5-13(19-3)6-8-16/h9-10,13H,5-8H2,1-4H3. The summed E-state index contributed by atoms with van der Waals surface area (Å²) in [7, 11) is -0.355. The minimum absolute atomic E-state index is 0.151. The molecule has 0 unspecified atom stereocenters. The molecule has 21 heavy (non-hydrogen) atoms. The smallest absolute Gasteiger partial charge is 0.246 e. The van der Waals surface area contributed by atoms with Gasteiger partial charge in [-0.2, -0.15) is 4.31 Å². The van der Waals surface area contributed by atoms with Gasteiger partial charge in [-0.05, 0) is 49.9 Å². The lowest BCUT2D eigenvalue weighted by molar-refractivity contribution is 0.0604. The van der Waals surface area contributed by atoms with E-state index in [-0.39, 0.29) is 11.0 Å². The van der Waals surface area contributed by atoms with E-state index in [0.29, 0.717) is 18.8 Å². The highest BCUT2D eigenvalue weighted by atomic mass is 32.2. The van der Waals surface area contributed by atoms with Crippen molar-refractivity contribution in [3.8, 4) is 5.75 Å². The Morgan fingerprint density at radius 2 is 1.67 bits per heavy atom. The van der Waals surface area contributed by atoms with E-state index in [1.165, 1.54) is 11.4 Å². The Labute approximate surface area is 126 Å². The number of aryl methyl sites for hydroxylation is 2. The van der Waals surface area contributed by atoms with Gasteiger partial charge < -0.3 is 9.47 Å². The molecule has 0 aromatic heterocycles. The maximum Gasteiger partial charge on any atom is 0.246 e. The first-order valence-corrected chi connectivity index (χ1v) is 8.52. The molecule has 1 fully saturated rings. The molecule has 0 bridgehead atoms. The zero-order valence-electron chi connectivity index (χ0n) is 13.0. The van der Waals surface area contributed by atoms with Crippen LogP contribution >= 0.6 is 0 Å².